The number of nitrogens with zero attached hydrogens (tertiary/aromatic N) is 1. The molecule has 1 aliphatic heterocycles. The molecule has 4 rings (SSSR count). The van der Waals surface area contributed by atoms with Gasteiger partial charge in [-0.2, -0.15) is 0 Å². The molecule has 0 bridgehead atoms. The van der Waals surface area contributed by atoms with E-state index in [0.29, 0.717) is 5.25 Å². The van der Waals surface area contributed by atoms with Crippen LogP contribution in [0.3, 0.4) is 0 Å². The van der Waals surface area contributed by atoms with Crippen molar-refractivity contribution in [2.45, 2.75) is 56.9 Å². The second-order valence-corrected chi connectivity index (χ2v) is 9.79. The summed E-state index contributed by atoms with van der Waals surface area (Å²) in [4.78, 5) is 28.9. The molecule has 2 fully saturated rings. The van der Waals surface area contributed by atoms with E-state index >= 15 is 0 Å². The number of carbonyl (C=O) groups excluding carboxylic acids is 2. The van der Waals surface area contributed by atoms with E-state index in [1.54, 1.807) is 11.8 Å². The van der Waals surface area contributed by atoms with Crippen LogP contribution in [-0.4, -0.2) is 34.6 Å². The molecule has 31 heavy (non-hydrogen) atoms. The molecule has 2 aliphatic rings. The number of nitrogens with one attached hydrogen (secondary N) is 1. The minimum Gasteiger partial charge on any atom is -0.348 e. The third-order valence-corrected chi connectivity index (χ3v) is 7.68. The number of hydrogen-bond donors (Lipinski definition) is 1. The number of carbonyl (C=O) groups is 2. The Labute approximate surface area is 189 Å². The van der Waals surface area contributed by atoms with Crippen LogP contribution in [0.5, 0.6) is 0 Å². The van der Waals surface area contributed by atoms with Gasteiger partial charge in [0.1, 0.15) is 6.54 Å². The van der Waals surface area contributed by atoms with Crippen LogP contribution in [0, 0.1) is 6.92 Å². The lowest BCUT2D eigenvalue weighted by Gasteiger charge is -2.44. The second-order valence-electron chi connectivity index (χ2n) is 8.51. The molecule has 1 saturated carbocycles. The summed E-state index contributed by atoms with van der Waals surface area (Å²) >= 11 is 1.71. The van der Waals surface area contributed by atoms with Crippen molar-refractivity contribution < 1.29 is 9.59 Å². The van der Waals surface area contributed by atoms with Crippen molar-refractivity contribution in [2.75, 3.05) is 6.54 Å². The Hall–Kier alpha value is -2.53. The van der Waals surface area contributed by atoms with Gasteiger partial charge in [0.05, 0.1) is 10.9 Å². The third-order valence-electron chi connectivity index (χ3n) is 6.28. The summed E-state index contributed by atoms with van der Waals surface area (Å²) in [6, 6.07) is 18.1. The lowest BCUT2D eigenvalue weighted by Crippen LogP contribution is -2.54. The highest BCUT2D eigenvalue weighted by Gasteiger charge is 2.41. The molecule has 3 unspecified atom stereocenters. The fourth-order valence-electron chi connectivity index (χ4n) is 4.52. The lowest BCUT2D eigenvalue weighted by atomic mass is 9.93. The predicted molar refractivity (Wildman–Crippen MR) is 128 cm³/mol. The molecule has 2 aromatic carbocycles. The van der Waals surface area contributed by atoms with Crippen molar-refractivity contribution >= 4 is 29.7 Å². The Morgan fingerprint density at radius 3 is 2.61 bits per heavy atom. The van der Waals surface area contributed by atoms with E-state index in [2.05, 4.69) is 18.3 Å². The summed E-state index contributed by atoms with van der Waals surface area (Å²) in [5.41, 5.74) is 3.27. The maximum Gasteiger partial charge on any atom is 0.261 e. The summed E-state index contributed by atoms with van der Waals surface area (Å²) in [5, 5.41) is 3.44. The second kappa shape index (κ2) is 9.73. The summed E-state index contributed by atoms with van der Waals surface area (Å²) in [5.74, 6) is -0.116. The first-order valence-corrected chi connectivity index (χ1v) is 12.0. The van der Waals surface area contributed by atoms with Gasteiger partial charge in [-0.1, -0.05) is 67.4 Å². The first-order valence-electron chi connectivity index (χ1n) is 11.1. The standard InChI is InChI=1S/C26H30N2O2S/c1-18-10-6-7-13-21(18)16-24-26(30)28(22-14-8-9-15-23(22)31-24)17-25(29)27-19(2)20-11-4-3-5-12-20/h3-7,10-13,16,19,22-23H,8-9,14-15,17H2,1-2H3,(H,27,29)/b24-16-. The zero-order chi connectivity index (χ0) is 21.8. The molecule has 0 aromatic heterocycles. The van der Waals surface area contributed by atoms with Gasteiger partial charge >= 0.3 is 0 Å². The Balaban J connectivity index is 1.53. The van der Waals surface area contributed by atoms with Gasteiger partial charge in [0.15, 0.2) is 0 Å². The van der Waals surface area contributed by atoms with E-state index in [0.717, 1.165) is 40.9 Å². The fourth-order valence-corrected chi connectivity index (χ4v) is 5.98. The molecule has 0 spiro atoms. The van der Waals surface area contributed by atoms with Gasteiger partial charge in [0.2, 0.25) is 5.91 Å². The van der Waals surface area contributed by atoms with Crippen molar-refractivity contribution in [2.24, 2.45) is 0 Å². The molecule has 1 aliphatic carbocycles. The molecule has 2 amide bonds. The fraction of sp³-hybridized carbons (Fsp3) is 0.385. The van der Waals surface area contributed by atoms with Crippen molar-refractivity contribution in [1.29, 1.82) is 0 Å². The van der Waals surface area contributed by atoms with Crippen LogP contribution in [0.2, 0.25) is 0 Å². The van der Waals surface area contributed by atoms with Crippen LogP contribution in [0.4, 0.5) is 0 Å². The first-order chi connectivity index (χ1) is 15.0. The smallest absolute Gasteiger partial charge is 0.261 e. The molecule has 0 radical (unpaired) electrons. The Bertz CT molecular complexity index is 972. The lowest BCUT2D eigenvalue weighted by molar-refractivity contribution is -0.135. The van der Waals surface area contributed by atoms with Crippen molar-refractivity contribution in [1.82, 2.24) is 10.2 Å². The minimum atomic E-state index is -0.101. The highest BCUT2D eigenvalue weighted by molar-refractivity contribution is 8.04. The maximum atomic E-state index is 13.4. The summed E-state index contributed by atoms with van der Waals surface area (Å²) in [6.07, 6.45) is 6.37. The topological polar surface area (TPSA) is 49.4 Å². The molecule has 162 valence electrons. The van der Waals surface area contributed by atoms with Crippen molar-refractivity contribution in [3.63, 3.8) is 0 Å². The van der Waals surface area contributed by atoms with E-state index in [1.807, 2.05) is 66.4 Å². The Kier molecular flexibility index (Phi) is 6.81. The highest BCUT2D eigenvalue weighted by atomic mass is 32.2. The summed E-state index contributed by atoms with van der Waals surface area (Å²) in [6.45, 7) is 4.15. The molecule has 3 atom stereocenters. The number of aryl methyl sites for hydroxylation is 1. The normalized spacial score (nSPS) is 23.4. The zero-order valence-corrected chi connectivity index (χ0v) is 19.0. The Morgan fingerprint density at radius 1 is 1.13 bits per heavy atom. The van der Waals surface area contributed by atoms with Gasteiger partial charge in [-0.3, -0.25) is 9.59 Å². The molecular weight excluding hydrogens is 404 g/mol. The van der Waals surface area contributed by atoms with E-state index in [-0.39, 0.29) is 30.4 Å². The quantitative estimate of drug-likeness (QED) is 0.666. The summed E-state index contributed by atoms with van der Waals surface area (Å²) in [7, 11) is 0. The van der Waals surface area contributed by atoms with Crippen LogP contribution in [0.25, 0.3) is 6.08 Å². The molecular formula is C26H30N2O2S. The van der Waals surface area contributed by atoms with E-state index in [1.165, 1.54) is 6.42 Å². The van der Waals surface area contributed by atoms with Crippen LogP contribution >= 0.6 is 11.8 Å². The first kappa shape index (κ1) is 21.7. The van der Waals surface area contributed by atoms with Gasteiger partial charge in [-0.15, -0.1) is 11.8 Å². The number of fused-ring (bicyclic) bond motifs is 1. The van der Waals surface area contributed by atoms with Crippen molar-refractivity contribution in [3.05, 3.63) is 76.2 Å². The molecule has 5 heteroatoms. The SMILES string of the molecule is Cc1ccccc1/C=C1\SC2CCCCC2N(CC(=O)NC(C)c2ccccc2)C1=O. The highest BCUT2D eigenvalue weighted by Crippen LogP contribution is 2.42. The third kappa shape index (κ3) is 5.04. The molecule has 1 N–H and O–H groups in total. The predicted octanol–water partition coefficient (Wildman–Crippen LogP) is 5.10. The average Bonchev–Trinajstić information content (AvgIpc) is 2.78. The largest absolute Gasteiger partial charge is 0.348 e. The van der Waals surface area contributed by atoms with Crippen LogP contribution in [0.15, 0.2) is 59.5 Å². The van der Waals surface area contributed by atoms with Gasteiger partial charge in [-0.25, -0.2) is 0 Å². The summed E-state index contributed by atoms with van der Waals surface area (Å²) < 4.78 is 0. The molecule has 1 saturated heterocycles. The van der Waals surface area contributed by atoms with Crippen molar-refractivity contribution in [3.8, 4) is 0 Å². The van der Waals surface area contributed by atoms with Gasteiger partial charge in [0.25, 0.3) is 5.91 Å². The van der Waals surface area contributed by atoms with Gasteiger partial charge in [0, 0.05) is 11.3 Å². The van der Waals surface area contributed by atoms with E-state index in [4.69, 9.17) is 0 Å². The Morgan fingerprint density at radius 2 is 1.84 bits per heavy atom. The average molecular weight is 435 g/mol. The molecule has 2 aromatic rings. The van der Waals surface area contributed by atoms with Crippen LogP contribution in [0.1, 0.15) is 55.3 Å². The van der Waals surface area contributed by atoms with Gasteiger partial charge < -0.3 is 10.2 Å². The van der Waals surface area contributed by atoms with E-state index < -0.39 is 0 Å². The number of thioether (sulfide) groups is 1. The number of amides is 2. The van der Waals surface area contributed by atoms with E-state index in [9.17, 15) is 9.59 Å². The monoisotopic (exact) mass is 434 g/mol. The van der Waals surface area contributed by atoms with Crippen LogP contribution < -0.4 is 5.32 Å². The molecule has 1 heterocycles. The van der Waals surface area contributed by atoms with Gasteiger partial charge in [-0.05, 0) is 49.5 Å². The zero-order valence-electron chi connectivity index (χ0n) is 18.2. The maximum absolute atomic E-state index is 13.4. The minimum absolute atomic E-state index is 0.0149. The molecule has 4 nitrogen and oxygen atoms in total. The number of benzene rings is 2. The number of rotatable bonds is 5. The number of hydrogen-bond acceptors (Lipinski definition) is 3. The van der Waals surface area contributed by atoms with Crippen LogP contribution in [-0.2, 0) is 9.59 Å².